The number of methoxy groups -OCH3 is 1. The van der Waals surface area contributed by atoms with E-state index in [4.69, 9.17) is 4.74 Å². The zero-order chi connectivity index (χ0) is 14.5. The fraction of sp³-hybridized carbons (Fsp3) is 0.562. The number of ether oxygens (including phenoxy) is 1. The Morgan fingerprint density at radius 2 is 2.20 bits per heavy atom. The fourth-order valence-corrected chi connectivity index (χ4v) is 2.64. The van der Waals surface area contributed by atoms with Gasteiger partial charge in [0.05, 0.1) is 13.7 Å². The van der Waals surface area contributed by atoms with Crippen LogP contribution in [0.25, 0.3) is 0 Å². The van der Waals surface area contributed by atoms with Crippen LogP contribution in [0.2, 0.25) is 0 Å². The number of benzene rings is 1. The van der Waals surface area contributed by atoms with E-state index in [1.807, 2.05) is 19.9 Å². The maximum atomic E-state index is 11.6. The Labute approximate surface area is 120 Å². The van der Waals surface area contributed by atoms with Crippen LogP contribution in [0.3, 0.4) is 0 Å². The first-order valence-electron chi connectivity index (χ1n) is 7.27. The quantitative estimate of drug-likeness (QED) is 0.860. The number of aryl methyl sites for hydroxylation is 1. The molecular formula is C16H24N2O2. The minimum atomic E-state index is 0.0661. The van der Waals surface area contributed by atoms with Crippen molar-refractivity contribution in [3.63, 3.8) is 0 Å². The first kappa shape index (κ1) is 14.9. The number of hydrogen-bond acceptors (Lipinski definition) is 3. The molecule has 4 nitrogen and oxygen atoms in total. The van der Waals surface area contributed by atoms with Crippen LogP contribution in [0.1, 0.15) is 31.4 Å². The second-order valence-electron chi connectivity index (χ2n) is 5.68. The number of carbonyl (C=O) groups is 1. The van der Waals surface area contributed by atoms with Crippen molar-refractivity contribution in [1.82, 2.24) is 10.6 Å². The molecule has 1 aromatic rings. The van der Waals surface area contributed by atoms with E-state index in [1.54, 1.807) is 7.11 Å². The summed E-state index contributed by atoms with van der Waals surface area (Å²) in [7, 11) is 1.69. The van der Waals surface area contributed by atoms with Gasteiger partial charge in [0.1, 0.15) is 5.75 Å². The smallest absolute Gasteiger partial charge is 0.234 e. The van der Waals surface area contributed by atoms with Crippen LogP contribution in [0.4, 0.5) is 0 Å². The van der Waals surface area contributed by atoms with Crippen molar-refractivity contribution in [2.24, 2.45) is 0 Å². The average molecular weight is 276 g/mol. The van der Waals surface area contributed by atoms with E-state index in [9.17, 15) is 4.79 Å². The molecular weight excluding hydrogens is 252 g/mol. The van der Waals surface area contributed by atoms with Crippen LogP contribution < -0.4 is 15.4 Å². The van der Waals surface area contributed by atoms with Crippen LogP contribution in [-0.4, -0.2) is 31.6 Å². The van der Waals surface area contributed by atoms with E-state index in [1.165, 1.54) is 11.1 Å². The summed E-state index contributed by atoms with van der Waals surface area (Å²) in [5.41, 5.74) is 2.73. The van der Waals surface area contributed by atoms with Crippen LogP contribution in [0.5, 0.6) is 5.75 Å². The third kappa shape index (κ3) is 3.97. The molecule has 110 valence electrons. The van der Waals surface area contributed by atoms with Crippen LogP contribution in [0.15, 0.2) is 18.2 Å². The monoisotopic (exact) mass is 276 g/mol. The standard InChI is InChI=1S/C16H24N2O2/c1-11(2)18-16(19)10-17-14-6-4-12-5-7-15(20-3)9-13(12)8-14/h5,7,9,11,14,17H,4,6,8,10H2,1-3H3,(H,18,19)/t14-/m1/s1. The molecule has 20 heavy (non-hydrogen) atoms. The van der Waals surface area contributed by atoms with Crippen LogP contribution in [-0.2, 0) is 17.6 Å². The van der Waals surface area contributed by atoms with E-state index in [2.05, 4.69) is 22.8 Å². The number of rotatable bonds is 5. The highest BCUT2D eigenvalue weighted by Crippen LogP contribution is 2.25. The van der Waals surface area contributed by atoms with Gasteiger partial charge in [-0.25, -0.2) is 0 Å². The van der Waals surface area contributed by atoms with Gasteiger partial charge in [-0.05, 0) is 56.4 Å². The van der Waals surface area contributed by atoms with Crippen LogP contribution >= 0.6 is 0 Å². The molecule has 0 unspecified atom stereocenters. The van der Waals surface area contributed by atoms with Crippen molar-refractivity contribution >= 4 is 5.91 Å². The van der Waals surface area contributed by atoms with E-state index in [-0.39, 0.29) is 11.9 Å². The zero-order valence-corrected chi connectivity index (χ0v) is 12.5. The Kier molecular flexibility index (Phi) is 5.01. The van der Waals surface area contributed by atoms with Gasteiger partial charge in [-0.1, -0.05) is 6.07 Å². The minimum Gasteiger partial charge on any atom is -0.497 e. The molecule has 1 atom stereocenters. The summed E-state index contributed by atoms with van der Waals surface area (Å²) in [5.74, 6) is 0.971. The molecule has 0 saturated carbocycles. The lowest BCUT2D eigenvalue weighted by atomic mass is 9.88. The zero-order valence-electron chi connectivity index (χ0n) is 12.5. The number of fused-ring (bicyclic) bond motifs is 1. The third-order valence-corrected chi connectivity index (χ3v) is 3.64. The SMILES string of the molecule is COc1ccc2c(c1)C[C@H](NCC(=O)NC(C)C)CC2. The van der Waals surface area contributed by atoms with Gasteiger partial charge in [-0.2, -0.15) is 0 Å². The van der Waals surface area contributed by atoms with Crippen molar-refractivity contribution in [2.45, 2.75) is 45.2 Å². The average Bonchev–Trinajstić information content (AvgIpc) is 2.43. The first-order chi connectivity index (χ1) is 9.58. The molecule has 4 heteroatoms. The van der Waals surface area contributed by atoms with Gasteiger partial charge >= 0.3 is 0 Å². The van der Waals surface area contributed by atoms with Gasteiger partial charge in [-0.3, -0.25) is 4.79 Å². The van der Waals surface area contributed by atoms with E-state index in [0.717, 1.165) is 25.0 Å². The van der Waals surface area contributed by atoms with E-state index in [0.29, 0.717) is 12.6 Å². The first-order valence-corrected chi connectivity index (χ1v) is 7.27. The molecule has 0 bridgehead atoms. The van der Waals surface area contributed by atoms with Crippen molar-refractivity contribution < 1.29 is 9.53 Å². The van der Waals surface area contributed by atoms with Gasteiger partial charge in [0, 0.05) is 12.1 Å². The molecule has 2 rings (SSSR count). The topological polar surface area (TPSA) is 50.4 Å². The molecule has 1 aliphatic carbocycles. The predicted octanol–water partition coefficient (Wildman–Crippen LogP) is 1.67. The lowest BCUT2D eigenvalue weighted by Gasteiger charge is -2.26. The Morgan fingerprint density at radius 3 is 2.90 bits per heavy atom. The van der Waals surface area contributed by atoms with Crippen molar-refractivity contribution in [3.8, 4) is 5.75 Å². The summed E-state index contributed by atoms with van der Waals surface area (Å²) in [4.78, 5) is 11.6. The molecule has 0 heterocycles. The summed E-state index contributed by atoms with van der Waals surface area (Å²) in [6.45, 7) is 4.34. The normalized spacial score (nSPS) is 17.7. The van der Waals surface area contributed by atoms with Crippen molar-refractivity contribution in [1.29, 1.82) is 0 Å². The van der Waals surface area contributed by atoms with Gasteiger partial charge in [0.2, 0.25) is 5.91 Å². The summed E-state index contributed by atoms with van der Waals surface area (Å²) < 4.78 is 5.27. The predicted molar refractivity (Wildman–Crippen MR) is 80.1 cm³/mol. The van der Waals surface area contributed by atoms with Gasteiger partial charge < -0.3 is 15.4 Å². The highest BCUT2D eigenvalue weighted by molar-refractivity contribution is 5.78. The highest BCUT2D eigenvalue weighted by atomic mass is 16.5. The maximum Gasteiger partial charge on any atom is 0.234 e. The summed E-state index contributed by atoms with van der Waals surface area (Å²) in [6, 6.07) is 6.84. The Morgan fingerprint density at radius 1 is 1.40 bits per heavy atom. The van der Waals surface area contributed by atoms with E-state index >= 15 is 0 Å². The molecule has 2 N–H and O–H groups in total. The Hall–Kier alpha value is -1.55. The lowest BCUT2D eigenvalue weighted by molar-refractivity contribution is -0.120. The summed E-state index contributed by atoms with van der Waals surface area (Å²) in [5, 5.41) is 6.25. The summed E-state index contributed by atoms with van der Waals surface area (Å²) in [6.07, 6.45) is 3.10. The number of hydrogen-bond donors (Lipinski definition) is 2. The van der Waals surface area contributed by atoms with Gasteiger partial charge in [-0.15, -0.1) is 0 Å². The Balaban J connectivity index is 1.89. The van der Waals surface area contributed by atoms with Crippen molar-refractivity contribution in [2.75, 3.05) is 13.7 Å². The molecule has 0 fully saturated rings. The molecule has 0 aromatic heterocycles. The lowest BCUT2D eigenvalue weighted by Crippen LogP contribution is -2.43. The van der Waals surface area contributed by atoms with Gasteiger partial charge in [0.15, 0.2) is 0 Å². The molecule has 1 aromatic carbocycles. The molecule has 0 spiro atoms. The molecule has 0 saturated heterocycles. The summed E-state index contributed by atoms with van der Waals surface area (Å²) >= 11 is 0. The molecule has 0 radical (unpaired) electrons. The highest BCUT2D eigenvalue weighted by Gasteiger charge is 2.19. The second-order valence-corrected chi connectivity index (χ2v) is 5.68. The molecule has 1 aliphatic rings. The molecule has 1 amide bonds. The largest absolute Gasteiger partial charge is 0.497 e. The number of nitrogens with one attached hydrogen (secondary N) is 2. The maximum absolute atomic E-state index is 11.6. The van der Waals surface area contributed by atoms with Gasteiger partial charge in [0.25, 0.3) is 0 Å². The second kappa shape index (κ2) is 6.75. The minimum absolute atomic E-state index is 0.0661. The number of amides is 1. The molecule has 0 aliphatic heterocycles. The van der Waals surface area contributed by atoms with Crippen molar-refractivity contribution in [3.05, 3.63) is 29.3 Å². The fourth-order valence-electron chi connectivity index (χ4n) is 2.64. The van der Waals surface area contributed by atoms with Crippen LogP contribution in [0, 0.1) is 0 Å². The Bertz CT molecular complexity index is 472. The van der Waals surface area contributed by atoms with E-state index < -0.39 is 0 Å². The number of carbonyl (C=O) groups excluding carboxylic acids is 1. The third-order valence-electron chi connectivity index (χ3n) is 3.64.